The van der Waals surface area contributed by atoms with Crippen LogP contribution >= 0.6 is 0 Å². The number of carbonyl (C=O) groups is 1. The molecule has 0 saturated carbocycles. The zero-order chi connectivity index (χ0) is 19.3. The first-order valence-corrected chi connectivity index (χ1v) is 8.98. The summed E-state index contributed by atoms with van der Waals surface area (Å²) in [7, 11) is 0. The number of aryl methyl sites for hydroxylation is 1. The van der Waals surface area contributed by atoms with Crippen molar-refractivity contribution in [2.24, 2.45) is 0 Å². The van der Waals surface area contributed by atoms with Crippen LogP contribution in [0.25, 0.3) is 0 Å². The molecule has 1 amide bonds. The molecule has 5 heteroatoms. The summed E-state index contributed by atoms with van der Waals surface area (Å²) in [6, 6.07) is 7.87. The molecule has 0 aliphatic carbocycles. The summed E-state index contributed by atoms with van der Waals surface area (Å²) in [6.07, 6.45) is 1.72. The van der Waals surface area contributed by atoms with Crippen LogP contribution in [-0.4, -0.2) is 22.4 Å². The number of aromatic nitrogens is 2. The quantitative estimate of drug-likeness (QED) is 0.697. The Labute approximate surface area is 156 Å². The van der Waals surface area contributed by atoms with E-state index in [9.17, 15) is 4.79 Å². The molecule has 2 aromatic rings. The highest BCUT2D eigenvalue weighted by Crippen LogP contribution is 2.32. The molecule has 0 aliphatic rings. The Morgan fingerprint density at radius 2 is 1.77 bits per heavy atom. The molecule has 0 fully saturated rings. The highest BCUT2D eigenvalue weighted by Gasteiger charge is 2.18. The topological polar surface area (TPSA) is 66.9 Å². The smallest absolute Gasteiger partial charge is 0.274 e. The zero-order valence-electron chi connectivity index (χ0n) is 16.3. The van der Waals surface area contributed by atoms with Crippen LogP contribution in [0.1, 0.15) is 66.8 Å². The minimum atomic E-state index is -0.229. The molecule has 0 unspecified atom stereocenters. The van der Waals surface area contributed by atoms with E-state index < -0.39 is 0 Å². The lowest BCUT2D eigenvalue weighted by molar-refractivity contribution is 0.102. The molecule has 1 aromatic heterocycles. The van der Waals surface area contributed by atoms with Gasteiger partial charge in [0, 0.05) is 17.9 Å². The molecule has 26 heavy (non-hydrogen) atoms. The first kappa shape index (κ1) is 19.6. The number of amides is 1. The molecule has 1 heterocycles. The summed E-state index contributed by atoms with van der Waals surface area (Å²) in [5, 5.41) is 6.12. The van der Waals surface area contributed by atoms with E-state index in [0.29, 0.717) is 30.0 Å². The van der Waals surface area contributed by atoms with Crippen molar-refractivity contribution in [2.45, 2.75) is 46.5 Å². The molecule has 0 spiro atoms. The van der Waals surface area contributed by atoms with E-state index in [1.165, 1.54) is 0 Å². The summed E-state index contributed by atoms with van der Waals surface area (Å²) < 4.78 is 0. The fourth-order valence-corrected chi connectivity index (χ4v) is 2.80. The first-order chi connectivity index (χ1) is 12.3. The lowest BCUT2D eigenvalue weighted by Crippen LogP contribution is -2.18. The van der Waals surface area contributed by atoms with Gasteiger partial charge in [-0.25, -0.2) is 9.97 Å². The Balaban J connectivity index is 2.38. The van der Waals surface area contributed by atoms with Crippen molar-refractivity contribution >= 4 is 17.5 Å². The minimum Gasteiger partial charge on any atom is -0.351 e. The molecule has 0 aliphatic heterocycles. The van der Waals surface area contributed by atoms with Crippen molar-refractivity contribution in [3.05, 3.63) is 59.4 Å². The fraction of sp³-hybridized carbons (Fsp3) is 0.381. The van der Waals surface area contributed by atoms with Crippen molar-refractivity contribution in [2.75, 3.05) is 17.2 Å². The van der Waals surface area contributed by atoms with E-state index in [-0.39, 0.29) is 5.91 Å². The Bertz CT molecular complexity index is 770. The average molecular weight is 352 g/mol. The molecule has 0 saturated heterocycles. The van der Waals surface area contributed by atoms with Gasteiger partial charge in [0.15, 0.2) is 0 Å². The fourth-order valence-electron chi connectivity index (χ4n) is 2.80. The van der Waals surface area contributed by atoms with Gasteiger partial charge in [0.1, 0.15) is 5.69 Å². The number of benzene rings is 1. The van der Waals surface area contributed by atoms with Crippen LogP contribution in [0.4, 0.5) is 11.6 Å². The van der Waals surface area contributed by atoms with E-state index in [2.05, 4.69) is 67.0 Å². The summed E-state index contributed by atoms with van der Waals surface area (Å²) in [6.45, 7) is 14.6. The predicted molar refractivity (Wildman–Crippen MR) is 108 cm³/mol. The molecule has 0 bridgehead atoms. The second-order valence-corrected chi connectivity index (χ2v) is 6.96. The van der Waals surface area contributed by atoms with Crippen LogP contribution in [0.5, 0.6) is 0 Å². The molecule has 5 nitrogen and oxygen atoms in total. The third kappa shape index (κ3) is 4.69. The summed E-state index contributed by atoms with van der Waals surface area (Å²) >= 11 is 0. The highest BCUT2D eigenvalue weighted by atomic mass is 16.1. The number of hydrogen-bond donors (Lipinski definition) is 2. The third-order valence-corrected chi connectivity index (χ3v) is 4.10. The van der Waals surface area contributed by atoms with Gasteiger partial charge in [0.25, 0.3) is 5.91 Å². The van der Waals surface area contributed by atoms with E-state index in [0.717, 1.165) is 22.5 Å². The van der Waals surface area contributed by atoms with E-state index in [4.69, 9.17) is 0 Å². The van der Waals surface area contributed by atoms with Crippen molar-refractivity contribution in [3.63, 3.8) is 0 Å². The SMILES string of the molecule is C=CCNc1nc(C)cc(C(=O)Nc2c(C(C)C)cccc2C(C)C)n1. The Morgan fingerprint density at radius 1 is 1.15 bits per heavy atom. The molecule has 2 rings (SSSR count). The van der Waals surface area contributed by atoms with E-state index in [1.807, 2.05) is 13.0 Å². The Kier molecular flexibility index (Phi) is 6.50. The minimum absolute atomic E-state index is 0.229. The summed E-state index contributed by atoms with van der Waals surface area (Å²) in [5.41, 5.74) is 4.22. The van der Waals surface area contributed by atoms with Gasteiger partial charge in [-0.1, -0.05) is 52.0 Å². The van der Waals surface area contributed by atoms with Gasteiger partial charge in [0.2, 0.25) is 5.95 Å². The van der Waals surface area contributed by atoms with Crippen molar-refractivity contribution in [1.29, 1.82) is 0 Å². The predicted octanol–water partition coefficient (Wildman–Crippen LogP) is 4.88. The monoisotopic (exact) mass is 352 g/mol. The molecule has 0 radical (unpaired) electrons. The first-order valence-electron chi connectivity index (χ1n) is 8.98. The third-order valence-electron chi connectivity index (χ3n) is 4.10. The molecular weight excluding hydrogens is 324 g/mol. The lowest BCUT2D eigenvalue weighted by atomic mass is 9.92. The van der Waals surface area contributed by atoms with Gasteiger partial charge >= 0.3 is 0 Å². The molecular formula is C21H28N4O. The lowest BCUT2D eigenvalue weighted by Gasteiger charge is -2.20. The van der Waals surface area contributed by atoms with Crippen LogP contribution in [0.2, 0.25) is 0 Å². The average Bonchev–Trinajstić information content (AvgIpc) is 2.59. The molecule has 2 N–H and O–H groups in total. The molecule has 138 valence electrons. The van der Waals surface area contributed by atoms with Gasteiger partial charge in [-0.2, -0.15) is 0 Å². The Morgan fingerprint density at radius 3 is 2.31 bits per heavy atom. The summed E-state index contributed by atoms with van der Waals surface area (Å²) in [4.78, 5) is 21.5. The van der Waals surface area contributed by atoms with Crippen molar-refractivity contribution in [1.82, 2.24) is 9.97 Å². The maximum Gasteiger partial charge on any atom is 0.274 e. The van der Waals surface area contributed by atoms with Gasteiger partial charge in [-0.3, -0.25) is 4.79 Å². The maximum absolute atomic E-state index is 12.9. The molecule has 1 aromatic carbocycles. The van der Waals surface area contributed by atoms with Crippen LogP contribution < -0.4 is 10.6 Å². The van der Waals surface area contributed by atoms with Gasteiger partial charge in [-0.05, 0) is 36.0 Å². The number of carbonyl (C=O) groups excluding carboxylic acids is 1. The standard InChI is InChI=1S/C21H28N4O/c1-7-11-22-21-23-15(6)12-18(24-21)20(26)25-19-16(13(2)3)9-8-10-17(19)14(4)5/h7-10,12-14H,1,11H2,2-6H3,(H,25,26)(H,22,23,24). The van der Waals surface area contributed by atoms with Gasteiger partial charge in [0.05, 0.1) is 0 Å². The van der Waals surface area contributed by atoms with Crippen LogP contribution in [0, 0.1) is 6.92 Å². The highest BCUT2D eigenvalue weighted by molar-refractivity contribution is 6.04. The van der Waals surface area contributed by atoms with Crippen LogP contribution in [0.15, 0.2) is 36.9 Å². The number of rotatable bonds is 7. The van der Waals surface area contributed by atoms with Gasteiger partial charge < -0.3 is 10.6 Å². The number of nitrogens with zero attached hydrogens (tertiary/aromatic N) is 2. The van der Waals surface area contributed by atoms with Crippen LogP contribution in [0.3, 0.4) is 0 Å². The normalized spacial score (nSPS) is 10.9. The number of para-hydroxylation sites is 1. The number of hydrogen-bond acceptors (Lipinski definition) is 4. The zero-order valence-corrected chi connectivity index (χ0v) is 16.3. The Hall–Kier alpha value is -2.69. The van der Waals surface area contributed by atoms with E-state index >= 15 is 0 Å². The van der Waals surface area contributed by atoms with E-state index in [1.54, 1.807) is 12.1 Å². The van der Waals surface area contributed by atoms with Gasteiger partial charge in [-0.15, -0.1) is 6.58 Å². The van der Waals surface area contributed by atoms with Crippen molar-refractivity contribution in [3.8, 4) is 0 Å². The number of anilines is 2. The van der Waals surface area contributed by atoms with Crippen LogP contribution in [-0.2, 0) is 0 Å². The maximum atomic E-state index is 12.9. The second kappa shape index (κ2) is 8.61. The number of nitrogens with one attached hydrogen (secondary N) is 2. The molecule has 0 atom stereocenters. The largest absolute Gasteiger partial charge is 0.351 e. The second-order valence-electron chi connectivity index (χ2n) is 6.96. The van der Waals surface area contributed by atoms with Crippen molar-refractivity contribution < 1.29 is 4.79 Å². The summed E-state index contributed by atoms with van der Waals surface area (Å²) in [5.74, 6) is 0.810.